The van der Waals surface area contributed by atoms with Crippen LogP contribution in [0.2, 0.25) is 0 Å². The molecule has 1 aliphatic rings. The Labute approximate surface area is 201 Å². The van der Waals surface area contributed by atoms with Crippen LogP contribution in [0, 0.1) is 5.82 Å². The number of aromatic nitrogens is 2. The summed E-state index contributed by atoms with van der Waals surface area (Å²) < 4.78 is 12.2. The van der Waals surface area contributed by atoms with Crippen molar-refractivity contribution in [1.82, 2.24) is 14.9 Å². The maximum absolute atomic E-state index is 12.2. The van der Waals surface area contributed by atoms with Gasteiger partial charge in [0, 0.05) is 43.1 Å². The first-order valence-corrected chi connectivity index (χ1v) is 11.8. The van der Waals surface area contributed by atoms with Crippen LogP contribution in [0.15, 0.2) is 79.8 Å². The van der Waals surface area contributed by atoms with Crippen molar-refractivity contribution in [3.05, 3.63) is 96.7 Å². The summed E-state index contributed by atoms with van der Waals surface area (Å²) in [6.45, 7) is 6.96. The average Bonchev–Trinajstić information content (AvgIpc) is 2.89. The fraction of sp³-hybridized carbons (Fsp3) is 0.241. The van der Waals surface area contributed by atoms with Crippen LogP contribution >= 0.6 is 0 Å². The Hall–Kier alpha value is -3.57. The number of rotatable bonds is 5. The molecule has 4 aromatic rings. The zero-order valence-electron chi connectivity index (χ0n) is 19.7. The Morgan fingerprint density at radius 1 is 0.912 bits per heavy atom. The van der Waals surface area contributed by atoms with Crippen molar-refractivity contribution < 1.29 is 4.39 Å². The molecule has 0 saturated carbocycles. The predicted molar refractivity (Wildman–Crippen MR) is 140 cm³/mol. The molecule has 1 N–H and O–H groups in total. The van der Waals surface area contributed by atoms with Crippen molar-refractivity contribution in [3.8, 4) is 11.1 Å². The maximum Gasteiger partial charge on any atom is 0.126 e. The van der Waals surface area contributed by atoms with E-state index in [1.165, 1.54) is 66.6 Å². The van der Waals surface area contributed by atoms with Crippen molar-refractivity contribution in [2.75, 3.05) is 25.5 Å². The molecule has 1 aliphatic heterocycles. The van der Waals surface area contributed by atoms with Gasteiger partial charge in [0.25, 0.3) is 0 Å². The number of piperidine rings is 1. The van der Waals surface area contributed by atoms with Gasteiger partial charge in [-0.25, -0.2) is 9.37 Å². The molecule has 0 spiro atoms. The van der Waals surface area contributed by atoms with Gasteiger partial charge in [0.2, 0.25) is 0 Å². The number of likely N-dealkylation sites (tertiary alicyclic amines) is 1. The third-order valence-electron chi connectivity index (χ3n) is 6.07. The summed E-state index contributed by atoms with van der Waals surface area (Å²) >= 11 is 0. The van der Waals surface area contributed by atoms with Crippen LogP contribution in [0.4, 0.5) is 10.2 Å². The quantitative estimate of drug-likeness (QED) is 0.360. The first-order chi connectivity index (χ1) is 16.6. The van der Waals surface area contributed by atoms with Crippen LogP contribution < -0.4 is 5.32 Å². The third kappa shape index (κ3) is 6.27. The molecule has 174 valence electrons. The highest BCUT2D eigenvalue weighted by atomic mass is 19.1. The lowest BCUT2D eigenvalue weighted by atomic mass is 10.0. The van der Waals surface area contributed by atoms with Crippen molar-refractivity contribution in [3.63, 3.8) is 0 Å². The van der Waals surface area contributed by atoms with E-state index in [-0.39, 0.29) is 5.82 Å². The van der Waals surface area contributed by atoms with Gasteiger partial charge in [0.15, 0.2) is 0 Å². The van der Waals surface area contributed by atoms with E-state index >= 15 is 0 Å². The SMILES string of the molecule is C=Cc1ccc(F)cc1.CNc1cc2cc(-c3cncc(CN4CCCCC4)c3)ccc2cn1. The second-order valence-electron chi connectivity index (χ2n) is 8.56. The largest absolute Gasteiger partial charge is 0.373 e. The zero-order valence-corrected chi connectivity index (χ0v) is 19.7. The Morgan fingerprint density at radius 3 is 2.44 bits per heavy atom. The summed E-state index contributed by atoms with van der Waals surface area (Å²) in [5.41, 5.74) is 4.62. The Balaban J connectivity index is 0.000000257. The predicted octanol–water partition coefficient (Wildman–Crippen LogP) is 6.79. The number of fused-ring (bicyclic) bond motifs is 1. The van der Waals surface area contributed by atoms with Crippen LogP contribution in [0.1, 0.15) is 30.4 Å². The number of anilines is 1. The van der Waals surface area contributed by atoms with Gasteiger partial charge < -0.3 is 5.32 Å². The molecule has 0 atom stereocenters. The number of nitrogens with one attached hydrogen (secondary N) is 1. The maximum atomic E-state index is 12.2. The minimum atomic E-state index is -0.208. The standard InChI is InChI=1S/C21H24N4.C8H7F/c1-22-21-11-19-10-17(5-6-18(19)14-24-21)20-9-16(12-23-13-20)15-25-7-3-2-4-8-25;1-2-7-3-5-8(9)6-4-7/h5-6,9-14H,2-4,7-8,15H2,1H3,(H,22,24);2-6H,1H2. The Bertz CT molecular complexity index is 1230. The van der Waals surface area contributed by atoms with E-state index in [0.717, 1.165) is 23.3 Å². The molecule has 0 amide bonds. The minimum Gasteiger partial charge on any atom is -0.373 e. The summed E-state index contributed by atoms with van der Waals surface area (Å²) in [6, 6.07) is 17.1. The van der Waals surface area contributed by atoms with Gasteiger partial charge in [0.05, 0.1) is 0 Å². The average molecular weight is 455 g/mol. The molecular weight excluding hydrogens is 423 g/mol. The number of hydrogen-bond acceptors (Lipinski definition) is 4. The molecule has 0 radical (unpaired) electrons. The lowest BCUT2D eigenvalue weighted by Gasteiger charge is -2.26. The van der Waals surface area contributed by atoms with Gasteiger partial charge in [-0.05, 0) is 78.3 Å². The Morgan fingerprint density at radius 2 is 1.71 bits per heavy atom. The summed E-state index contributed by atoms with van der Waals surface area (Å²) in [7, 11) is 1.89. The summed E-state index contributed by atoms with van der Waals surface area (Å²) in [6.07, 6.45) is 11.6. The first-order valence-electron chi connectivity index (χ1n) is 11.8. The van der Waals surface area contributed by atoms with Crippen LogP contribution in [0.25, 0.3) is 28.0 Å². The third-order valence-corrected chi connectivity index (χ3v) is 6.07. The number of halogens is 1. The molecular formula is C29H31FN4. The highest BCUT2D eigenvalue weighted by molar-refractivity contribution is 5.88. The van der Waals surface area contributed by atoms with Gasteiger partial charge in [0.1, 0.15) is 11.6 Å². The lowest BCUT2D eigenvalue weighted by molar-refractivity contribution is 0.220. The molecule has 1 fully saturated rings. The summed E-state index contributed by atoms with van der Waals surface area (Å²) in [5, 5.41) is 5.45. The minimum absolute atomic E-state index is 0.208. The smallest absolute Gasteiger partial charge is 0.126 e. The van der Waals surface area contributed by atoms with Crippen molar-refractivity contribution in [2.45, 2.75) is 25.8 Å². The monoisotopic (exact) mass is 454 g/mol. The van der Waals surface area contributed by atoms with E-state index in [1.54, 1.807) is 18.2 Å². The van der Waals surface area contributed by atoms with Gasteiger partial charge in [-0.1, -0.05) is 43.3 Å². The van der Waals surface area contributed by atoms with Gasteiger partial charge in [-0.2, -0.15) is 0 Å². The molecule has 3 heterocycles. The van der Waals surface area contributed by atoms with E-state index < -0.39 is 0 Å². The number of hydrogen-bond donors (Lipinski definition) is 1. The zero-order chi connectivity index (χ0) is 23.8. The second kappa shape index (κ2) is 11.5. The van der Waals surface area contributed by atoms with E-state index in [1.807, 2.05) is 25.6 Å². The molecule has 5 rings (SSSR count). The molecule has 1 saturated heterocycles. The van der Waals surface area contributed by atoms with Crippen LogP contribution in [0.5, 0.6) is 0 Å². The van der Waals surface area contributed by atoms with Crippen LogP contribution in [0.3, 0.4) is 0 Å². The molecule has 2 aromatic carbocycles. The second-order valence-corrected chi connectivity index (χ2v) is 8.56. The van der Waals surface area contributed by atoms with E-state index in [4.69, 9.17) is 0 Å². The van der Waals surface area contributed by atoms with Crippen molar-refractivity contribution >= 4 is 22.7 Å². The molecule has 5 heteroatoms. The molecule has 2 aromatic heterocycles. The van der Waals surface area contributed by atoms with E-state index in [2.05, 4.69) is 57.1 Å². The van der Waals surface area contributed by atoms with Gasteiger partial charge in [-0.3, -0.25) is 9.88 Å². The lowest BCUT2D eigenvalue weighted by Crippen LogP contribution is -2.29. The number of benzene rings is 2. The molecule has 0 bridgehead atoms. The number of nitrogens with zero attached hydrogens (tertiary/aromatic N) is 3. The van der Waals surface area contributed by atoms with Crippen molar-refractivity contribution in [2.24, 2.45) is 0 Å². The van der Waals surface area contributed by atoms with E-state index in [0.29, 0.717) is 0 Å². The molecule has 0 unspecified atom stereocenters. The van der Waals surface area contributed by atoms with E-state index in [9.17, 15) is 4.39 Å². The van der Waals surface area contributed by atoms with Gasteiger partial charge >= 0.3 is 0 Å². The van der Waals surface area contributed by atoms with Crippen LogP contribution in [-0.2, 0) is 6.54 Å². The summed E-state index contributed by atoms with van der Waals surface area (Å²) in [4.78, 5) is 11.4. The fourth-order valence-electron chi connectivity index (χ4n) is 4.16. The van der Waals surface area contributed by atoms with Gasteiger partial charge in [-0.15, -0.1) is 0 Å². The normalized spacial score (nSPS) is 13.7. The van der Waals surface area contributed by atoms with Crippen molar-refractivity contribution in [1.29, 1.82) is 0 Å². The topological polar surface area (TPSA) is 41.1 Å². The number of pyridine rings is 2. The molecule has 34 heavy (non-hydrogen) atoms. The molecule has 4 nitrogen and oxygen atoms in total. The fourth-order valence-corrected chi connectivity index (χ4v) is 4.16. The van der Waals surface area contributed by atoms with Crippen LogP contribution in [-0.4, -0.2) is 35.0 Å². The Kier molecular flexibility index (Phi) is 7.99. The highest BCUT2D eigenvalue weighted by Crippen LogP contribution is 2.26. The summed E-state index contributed by atoms with van der Waals surface area (Å²) in [5.74, 6) is 0.683. The first kappa shape index (κ1) is 23.6. The molecule has 0 aliphatic carbocycles. The highest BCUT2D eigenvalue weighted by Gasteiger charge is 2.11.